The molecule has 0 aliphatic rings. The first-order valence-corrected chi connectivity index (χ1v) is 6.31. The van der Waals surface area contributed by atoms with Crippen LogP contribution in [0.1, 0.15) is 16.7 Å². The second-order valence-corrected chi connectivity index (χ2v) is 4.52. The fraction of sp³-hybridized carbons (Fsp3) is 0.188. The Labute approximate surface area is 120 Å². The largest absolute Gasteiger partial charge is 0.461 e. The number of hydrogen-bond donors (Lipinski definition) is 0. The lowest BCUT2D eigenvalue weighted by molar-refractivity contribution is -0.144. The van der Waals surface area contributed by atoms with E-state index < -0.39 is 17.7 Å². The minimum absolute atomic E-state index is 0.0970. The van der Waals surface area contributed by atoms with Gasteiger partial charge >= 0.3 is 12.1 Å². The number of halogens is 3. The maximum Gasteiger partial charge on any atom is 0.416 e. The number of carbonyl (C=O) groups is 1. The third-order valence-electron chi connectivity index (χ3n) is 2.85. The number of benzene rings is 2. The number of ether oxygens (including phenoxy) is 1. The van der Waals surface area contributed by atoms with Crippen LogP contribution in [0.25, 0.3) is 0 Å². The van der Waals surface area contributed by atoms with E-state index >= 15 is 0 Å². The van der Waals surface area contributed by atoms with Crippen LogP contribution in [0.3, 0.4) is 0 Å². The van der Waals surface area contributed by atoms with Gasteiger partial charge in [0.05, 0.1) is 12.0 Å². The highest BCUT2D eigenvalue weighted by molar-refractivity contribution is 5.72. The van der Waals surface area contributed by atoms with E-state index in [0.29, 0.717) is 5.56 Å². The first kappa shape index (κ1) is 15.1. The van der Waals surface area contributed by atoms with E-state index in [-0.39, 0.29) is 13.0 Å². The number of alkyl halides is 3. The molecule has 0 atom stereocenters. The van der Waals surface area contributed by atoms with Crippen LogP contribution in [0.5, 0.6) is 0 Å². The lowest BCUT2D eigenvalue weighted by atomic mass is 10.1. The molecule has 2 nitrogen and oxygen atoms in total. The summed E-state index contributed by atoms with van der Waals surface area (Å²) < 4.78 is 42.6. The average Bonchev–Trinajstić information content (AvgIpc) is 2.46. The van der Waals surface area contributed by atoms with Crippen LogP contribution in [0.15, 0.2) is 54.6 Å². The van der Waals surface area contributed by atoms with Crippen LogP contribution < -0.4 is 0 Å². The summed E-state index contributed by atoms with van der Waals surface area (Å²) in [7, 11) is 0. The number of carbonyl (C=O) groups excluding carboxylic acids is 1. The van der Waals surface area contributed by atoms with Crippen molar-refractivity contribution < 1.29 is 22.7 Å². The van der Waals surface area contributed by atoms with Gasteiger partial charge in [0, 0.05) is 0 Å². The number of esters is 1. The van der Waals surface area contributed by atoms with Gasteiger partial charge in [0.25, 0.3) is 0 Å². The first-order valence-electron chi connectivity index (χ1n) is 6.31. The molecule has 0 aromatic heterocycles. The average molecular weight is 294 g/mol. The molecule has 2 rings (SSSR count). The molecule has 0 bridgehead atoms. The Kier molecular flexibility index (Phi) is 4.62. The molecule has 0 amide bonds. The summed E-state index contributed by atoms with van der Waals surface area (Å²) in [4.78, 5) is 11.6. The molecule has 0 heterocycles. The third kappa shape index (κ3) is 4.63. The molecule has 2 aromatic carbocycles. The second kappa shape index (κ2) is 6.43. The molecule has 2 aromatic rings. The Bertz CT molecular complexity index is 606. The van der Waals surface area contributed by atoms with Gasteiger partial charge in [-0.2, -0.15) is 13.2 Å². The minimum atomic E-state index is -4.40. The van der Waals surface area contributed by atoms with E-state index in [9.17, 15) is 18.0 Å². The Morgan fingerprint density at radius 2 is 1.62 bits per heavy atom. The van der Waals surface area contributed by atoms with Crippen molar-refractivity contribution in [3.05, 3.63) is 71.3 Å². The molecule has 0 fully saturated rings. The van der Waals surface area contributed by atoms with Crippen molar-refractivity contribution in [2.45, 2.75) is 19.2 Å². The highest BCUT2D eigenvalue weighted by Gasteiger charge is 2.30. The Hall–Kier alpha value is -2.30. The minimum Gasteiger partial charge on any atom is -0.461 e. The molecule has 0 aliphatic carbocycles. The Morgan fingerprint density at radius 1 is 0.952 bits per heavy atom. The van der Waals surface area contributed by atoms with Gasteiger partial charge in [-0.05, 0) is 23.3 Å². The molecule has 0 radical (unpaired) electrons. The van der Waals surface area contributed by atoms with Gasteiger partial charge in [0.15, 0.2) is 0 Å². The van der Waals surface area contributed by atoms with Gasteiger partial charge in [0.2, 0.25) is 0 Å². The summed E-state index contributed by atoms with van der Waals surface area (Å²) in [6.07, 6.45) is -4.30. The van der Waals surface area contributed by atoms with Gasteiger partial charge in [-0.25, -0.2) is 0 Å². The van der Waals surface area contributed by atoms with Crippen molar-refractivity contribution >= 4 is 5.97 Å². The van der Waals surface area contributed by atoms with E-state index in [2.05, 4.69) is 0 Å². The van der Waals surface area contributed by atoms with E-state index in [4.69, 9.17) is 4.74 Å². The van der Waals surface area contributed by atoms with Crippen LogP contribution in [0.4, 0.5) is 13.2 Å². The summed E-state index contributed by atoms with van der Waals surface area (Å²) in [5.41, 5.74) is 0.358. The van der Waals surface area contributed by atoms with E-state index in [1.54, 1.807) is 24.3 Å². The Morgan fingerprint density at radius 3 is 2.29 bits per heavy atom. The van der Waals surface area contributed by atoms with E-state index in [0.717, 1.165) is 17.7 Å². The summed E-state index contributed by atoms with van der Waals surface area (Å²) in [5.74, 6) is -0.474. The highest BCUT2D eigenvalue weighted by atomic mass is 19.4. The van der Waals surface area contributed by atoms with Crippen LogP contribution in [0.2, 0.25) is 0 Å². The van der Waals surface area contributed by atoms with Gasteiger partial charge in [-0.1, -0.05) is 42.5 Å². The lowest BCUT2D eigenvalue weighted by Gasteiger charge is -2.09. The molecule has 0 aliphatic heterocycles. The van der Waals surface area contributed by atoms with Crippen molar-refractivity contribution in [1.29, 1.82) is 0 Å². The standard InChI is InChI=1S/C16H13F3O2/c17-16(18,19)14-8-4-7-13(9-14)11-21-15(20)10-12-5-2-1-3-6-12/h1-9H,10-11H2. The molecule has 21 heavy (non-hydrogen) atoms. The zero-order chi connectivity index (χ0) is 15.3. The molecule has 0 saturated heterocycles. The van der Waals surface area contributed by atoms with Crippen LogP contribution >= 0.6 is 0 Å². The van der Waals surface area contributed by atoms with Gasteiger partial charge < -0.3 is 4.74 Å². The van der Waals surface area contributed by atoms with Crippen LogP contribution in [-0.4, -0.2) is 5.97 Å². The van der Waals surface area contributed by atoms with Crippen molar-refractivity contribution in [3.8, 4) is 0 Å². The fourth-order valence-corrected chi connectivity index (χ4v) is 1.81. The number of rotatable bonds is 4. The Balaban J connectivity index is 1.92. The predicted octanol–water partition coefficient (Wildman–Crippen LogP) is 3.99. The van der Waals surface area contributed by atoms with Gasteiger partial charge in [-0.15, -0.1) is 0 Å². The predicted molar refractivity (Wildman–Crippen MR) is 71.4 cm³/mol. The van der Waals surface area contributed by atoms with Crippen molar-refractivity contribution in [3.63, 3.8) is 0 Å². The zero-order valence-corrected chi connectivity index (χ0v) is 11.1. The topological polar surface area (TPSA) is 26.3 Å². The van der Waals surface area contributed by atoms with Crippen LogP contribution in [0, 0.1) is 0 Å². The zero-order valence-electron chi connectivity index (χ0n) is 11.1. The van der Waals surface area contributed by atoms with Crippen LogP contribution in [-0.2, 0) is 28.7 Å². The van der Waals surface area contributed by atoms with Crippen molar-refractivity contribution in [2.75, 3.05) is 0 Å². The fourth-order valence-electron chi connectivity index (χ4n) is 1.81. The molecule has 0 N–H and O–H groups in total. The monoisotopic (exact) mass is 294 g/mol. The summed E-state index contributed by atoms with van der Waals surface area (Å²) >= 11 is 0. The molecule has 0 saturated carbocycles. The lowest BCUT2D eigenvalue weighted by Crippen LogP contribution is -2.09. The van der Waals surface area contributed by atoms with E-state index in [1.807, 2.05) is 6.07 Å². The molecule has 0 unspecified atom stereocenters. The van der Waals surface area contributed by atoms with Crippen molar-refractivity contribution in [1.82, 2.24) is 0 Å². The second-order valence-electron chi connectivity index (χ2n) is 4.52. The molecular weight excluding hydrogens is 281 g/mol. The quantitative estimate of drug-likeness (QED) is 0.797. The molecule has 110 valence electrons. The van der Waals surface area contributed by atoms with E-state index in [1.165, 1.54) is 12.1 Å². The molecular formula is C16H13F3O2. The highest BCUT2D eigenvalue weighted by Crippen LogP contribution is 2.29. The summed E-state index contributed by atoms with van der Waals surface area (Å²) in [6.45, 7) is -0.171. The number of hydrogen-bond acceptors (Lipinski definition) is 2. The smallest absolute Gasteiger partial charge is 0.416 e. The van der Waals surface area contributed by atoms with Gasteiger partial charge in [-0.3, -0.25) is 4.79 Å². The summed E-state index contributed by atoms with van der Waals surface area (Å²) in [5, 5.41) is 0. The maximum atomic E-state index is 12.5. The van der Waals surface area contributed by atoms with Gasteiger partial charge in [0.1, 0.15) is 6.61 Å². The molecule has 0 spiro atoms. The summed E-state index contributed by atoms with van der Waals surface area (Å²) in [6, 6.07) is 13.7. The SMILES string of the molecule is O=C(Cc1ccccc1)OCc1cccc(C(F)(F)F)c1. The molecule has 5 heteroatoms. The normalized spacial score (nSPS) is 11.2. The third-order valence-corrected chi connectivity index (χ3v) is 2.85. The maximum absolute atomic E-state index is 12.5. The van der Waals surface area contributed by atoms with Crippen molar-refractivity contribution in [2.24, 2.45) is 0 Å². The first-order chi connectivity index (χ1) is 9.95.